The van der Waals surface area contributed by atoms with Crippen LogP contribution in [0.2, 0.25) is 0 Å². The molecule has 0 amide bonds. The Hall–Kier alpha value is -1.08. The Morgan fingerprint density at radius 3 is 2.21 bits per heavy atom. The molecule has 0 spiro atoms. The molecule has 0 N–H and O–H groups in total. The maximum atomic E-state index is 13.2. The van der Waals surface area contributed by atoms with Crippen LogP contribution in [0.3, 0.4) is 0 Å². The normalized spacial score (nSPS) is 23.9. The molecule has 1 aliphatic heterocycles. The molecule has 0 saturated carbocycles. The lowest BCUT2D eigenvalue weighted by Crippen LogP contribution is -2.41. The van der Waals surface area contributed by atoms with E-state index in [9.17, 15) is 13.2 Å². The zero-order valence-corrected chi connectivity index (χ0v) is 11.0. The molecule has 0 aliphatic carbocycles. The fourth-order valence-electron chi connectivity index (χ4n) is 1.65. The van der Waals surface area contributed by atoms with Crippen molar-refractivity contribution in [2.24, 2.45) is 0 Å². The summed E-state index contributed by atoms with van der Waals surface area (Å²) in [5.74, 6) is 0. The number of halogens is 3. The average molecular weight is 276 g/mol. The number of alkyl halides is 3. The molecule has 19 heavy (non-hydrogen) atoms. The molecule has 3 nitrogen and oxygen atoms in total. The third-order valence-electron chi connectivity index (χ3n) is 3.43. The van der Waals surface area contributed by atoms with E-state index in [1.54, 1.807) is 27.7 Å². The van der Waals surface area contributed by atoms with E-state index in [4.69, 9.17) is 13.4 Å². The first kappa shape index (κ1) is 10.7. The first-order chi connectivity index (χ1) is 9.78. The van der Waals surface area contributed by atoms with Gasteiger partial charge in [0.1, 0.15) is 5.69 Å². The van der Waals surface area contributed by atoms with Gasteiger partial charge < -0.3 is 9.31 Å². The zero-order chi connectivity index (χ0) is 17.1. The molecule has 0 atom stereocenters. The van der Waals surface area contributed by atoms with Gasteiger partial charge in [-0.05, 0) is 33.7 Å². The molecule has 0 aromatic carbocycles. The number of rotatable bonds is 1. The standard InChI is InChI=1S/C12H15BF3NO2/c1-10(2)11(3,4)19-13(18-10)8-6-5-7-17-9(8)12(14,15)16/h5-7H,1-4H3/i5D,6D,7D. The summed E-state index contributed by atoms with van der Waals surface area (Å²) in [6.07, 6.45) is -5.78. The van der Waals surface area contributed by atoms with Gasteiger partial charge in [0.2, 0.25) is 0 Å². The summed E-state index contributed by atoms with van der Waals surface area (Å²) in [5, 5.41) is 0. The average Bonchev–Trinajstić information content (AvgIpc) is 2.53. The minimum atomic E-state index is -4.88. The van der Waals surface area contributed by atoms with Crippen LogP contribution in [0.15, 0.2) is 18.3 Å². The fraction of sp³-hybridized carbons (Fsp3) is 0.583. The predicted octanol–water partition coefficient (Wildman–Crippen LogP) is 2.40. The Bertz CT molecular complexity index is 607. The van der Waals surface area contributed by atoms with Crippen molar-refractivity contribution in [2.45, 2.75) is 45.1 Å². The molecule has 1 aromatic heterocycles. The molecular formula is C12H15BF3NO2. The molecule has 1 saturated heterocycles. The topological polar surface area (TPSA) is 31.4 Å². The number of pyridine rings is 1. The molecule has 1 aliphatic rings. The third-order valence-corrected chi connectivity index (χ3v) is 3.43. The van der Waals surface area contributed by atoms with Gasteiger partial charge in [-0.2, -0.15) is 13.2 Å². The Balaban J connectivity index is 2.64. The van der Waals surface area contributed by atoms with Gasteiger partial charge >= 0.3 is 13.3 Å². The van der Waals surface area contributed by atoms with E-state index >= 15 is 0 Å². The van der Waals surface area contributed by atoms with Crippen molar-refractivity contribution in [1.82, 2.24) is 4.98 Å². The Morgan fingerprint density at radius 2 is 1.74 bits per heavy atom. The van der Waals surface area contributed by atoms with Crippen LogP contribution in [-0.4, -0.2) is 23.3 Å². The van der Waals surface area contributed by atoms with E-state index < -0.39 is 53.9 Å². The summed E-state index contributed by atoms with van der Waals surface area (Å²) >= 11 is 0. The van der Waals surface area contributed by atoms with Crippen molar-refractivity contribution in [3.05, 3.63) is 24.0 Å². The lowest BCUT2D eigenvalue weighted by Gasteiger charge is -2.32. The van der Waals surface area contributed by atoms with Crippen molar-refractivity contribution in [3.63, 3.8) is 0 Å². The quantitative estimate of drug-likeness (QED) is 0.738. The van der Waals surface area contributed by atoms with Crippen molar-refractivity contribution in [1.29, 1.82) is 0 Å². The highest BCUT2D eigenvalue weighted by Crippen LogP contribution is 2.37. The molecule has 2 rings (SSSR count). The molecule has 0 radical (unpaired) electrons. The second kappa shape index (κ2) is 4.21. The second-order valence-electron chi connectivity index (χ2n) is 5.32. The highest BCUT2D eigenvalue weighted by Gasteiger charge is 2.54. The largest absolute Gasteiger partial charge is 0.497 e. The summed E-state index contributed by atoms with van der Waals surface area (Å²) in [6, 6.07) is -1.46. The zero-order valence-electron chi connectivity index (χ0n) is 14.0. The molecule has 7 heteroatoms. The van der Waals surface area contributed by atoms with Crippen molar-refractivity contribution < 1.29 is 26.6 Å². The van der Waals surface area contributed by atoms with Crippen LogP contribution in [0.25, 0.3) is 0 Å². The minimum Gasteiger partial charge on any atom is -0.399 e. The summed E-state index contributed by atoms with van der Waals surface area (Å²) in [7, 11) is -1.47. The summed E-state index contributed by atoms with van der Waals surface area (Å²) in [4.78, 5) is 3.12. The summed E-state index contributed by atoms with van der Waals surface area (Å²) < 4.78 is 73.2. The first-order valence-electron chi connectivity index (χ1n) is 7.18. The maximum absolute atomic E-state index is 13.2. The number of hydrogen-bond donors (Lipinski definition) is 0. The van der Waals surface area contributed by atoms with Crippen LogP contribution in [0, 0.1) is 0 Å². The second-order valence-corrected chi connectivity index (χ2v) is 5.32. The first-order valence-corrected chi connectivity index (χ1v) is 5.68. The Labute approximate surface area is 114 Å². The van der Waals surface area contributed by atoms with Gasteiger partial charge in [-0.1, -0.05) is 6.04 Å². The van der Waals surface area contributed by atoms with Gasteiger partial charge in [0.05, 0.1) is 15.3 Å². The van der Waals surface area contributed by atoms with Gasteiger partial charge in [0, 0.05) is 11.6 Å². The van der Waals surface area contributed by atoms with E-state index in [0.29, 0.717) is 0 Å². The molecule has 104 valence electrons. The number of nitrogens with zero attached hydrogens (tertiary/aromatic N) is 1. The van der Waals surface area contributed by atoms with Gasteiger partial charge in [-0.3, -0.25) is 4.98 Å². The van der Waals surface area contributed by atoms with Crippen LogP contribution in [0.4, 0.5) is 13.2 Å². The van der Waals surface area contributed by atoms with Crippen LogP contribution < -0.4 is 5.46 Å². The molecule has 0 bridgehead atoms. The highest BCUT2D eigenvalue weighted by molar-refractivity contribution is 6.62. The van der Waals surface area contributed by atoms with Crippen LogP contribution >= 0.6 is 0 Å². The van der Waals surface area contributed by atoms with E-state index in [-0.39, 0.29) is 0 Å². The summed E-state index contributed by atoms with van der Waals surface area (Å²) in [6.45, 7) is 6.66. The SMILES string of the molecule is [2H]c1nc(C(F)(F)F)c(B2OC(C)(C)C(C)(C)O2)c([2H])c1[2H]. The molecule has 1 aromatic rings. The monoisotopic (exact) mass is 276 g/mol. The number of hydrogen-bond acceptors (Lipinski definition) is 3. The van der Waals surface area contributed by atoms with E-state index in [1.807, 2.05) is 0 Å². The van der Waals surface area contributed by atoms with Crippen LogP contribution in [-0.2, 0) is 15.5 Å². The highest BCUT2D eigenvalue weighted by atomic mass is 19.4. The van der Waals surface area contributed by atoms with E-state index in [1.165, 1.54) is 0 Å². The van der Waals surface area contributed by atoms with Gasteiger partial charge in [0.15, 0.2) is 0 Å². The Kier molecular flexibility index (Phi) is 2.37. The lowest BCUT2D eigenvalue weighted by molar-refractivity contribution is -0.140. The van der Waals surface area contributed by atoms with Crippen LogP contribution in [0.1, 0.15) is 37.5 Å². The summed E-state index contributed by atoms with van der Waals surface area (Å²) in [5.41, 5.74) is -3.87. The molecule has 1 fully saturated rings. The van der Waals surface area contributed by atoms with Gasteiger partial charge in [0.25, 0.3) is 0 Å². The van der Waals surface area contributed by atoms with E-state index in [0.717, 1.165) is 0 Å². The molecule has 0 unspecified atom stereocenters. The Morgan fingerprint density at radius 1 is 1.21 bits per heavy atom. The molecule has 2 heterocycles. The lowest BCUT2D eigenvalue weighted by atomic mass is 9.77. The smallest absolute Gasteiger partial charge is 0.399 e. The third kappa shape index (κ3) is 2.49. The van der Waals surface area contributed by atoms with Crippen molar-refractivity contribution >= 4 is 12.6 Å². The predicted molar refractivity (Wildman–Crippen MR) is 65.0 cm³/mol. The number of aromatic nitrogens is 1. The van der Waals surface area contributed by atoms with Gasteiger partial charge in [-0.25, -0.2) is 0 Å². The van der Waals surface area contributed by atoms with Crippen molar-refractivity contribution in [2.75, 3.05) is 0 Å². The van der Waals surface area contributed by atoms with Gasteiger partial charge in [-0.15, -0.1) is 0 Å². The van der Waals surface area contributed by atoms with Crippen LogP contribution in [0.5, 0.6) is 0 Å². The van der Waals surface area contributed by atoms with E-state index in [2.05, 4.69) is 4.98 Å². The maximum Gasteiger partial charge on any atom is 0.497 e. The minimum absolute atomic E-state index is 0.660. The fourth-order valence-corrected chi connectivity index (χ4v) is 1.65. The van der Waals surface area contributed by atoms with Crippen molar-refractivity contribution in [3.8, 4) is 0 Å². The molecular weight excluding hydrogens is 258 g/mol.